The van der Waals surface area contributed by atoms with Crippen LogP contribution in [0.15, 0.2) is 24.4 Å². The first-order chi connectivity index (χ1) is 10.0. The third kappa shape index (κ3) is 2.79. The molecule has 3 rings (SSSR count). The number of nitrogens with zero attached hydrogens (tertiary/aromatic N) is 3. The van der Waals surface area contributed by atoms with Gasteiger partial charge >= 0.3 is 0 Å². The highest BCUT2D eigenvalue weighted by Gasteiger charge is 2.29. The van der Waals surface area contributed by atoms with Crippen LogP contribution < -0.4 is 5.46 Å². The molecule has 2 aromatic rings. The molecule has 1 saturated heterocycles. The minimum atomic E-state index is -1.74. The van der Waals surface area contributed by atoms with E-state index in [-0.39, 0.29) is 12.3 Å². The van der Waals surface area contributed by atoms with Crippen LogP contribution in [0.3, 0.4) is 0 Å². The van der Waals surface area contributed by atoms with E-state index >= 15 is 0 Å². The zero-order valence-electron chi connectivity index (χ0n) is 11.4. The Morgan fingerprint density at radius 1 is 1.57 bits per heavy atom. The highest BCUT2D eigenvalue weighted by Crippen LogP contribution is 2.24. The second kappa shape index (κ2) is 5.27. The summed E-state index contributed by atoms with van der Waals surface area (Å²) in [4.78, 5) is 17.7. The smallest absolute Gasteiger partial charge is 0.266 e. The van der Waals surface area contributed by atoms with Gasteiger partial charge in [0, 0.05) is 30.5 Å². The van der Waals surface area contributed by atoms with Crippen LogP contribution in [-0.2, 0) is 11.3 Å². The van der Waals surface area contributed by atoms with Crippen LogP contribution in [0.2, 0.25) is 0 Å². The van der Waals surface area contributed by atoms with E-state index in [1.807, 2.05) is 13.9 Å². The van der Waals surface area contributed by atoms with Gasteiger partial charge in [-0.05, 0) is 6.08 Å². The fourth-order valence-electron chi connectivity index (χ4n) is 2.61. The number of aromatic nitrogens is 3. The lowest BCUT2D eigenvalue weighted by Crippen LogP contribution is -2.24. The molecule has 0 spiro atoms. The molecule has 1 aliphatic heterocycles. The van der Waals surface area contributed by atoms with Crippen molar-refractivity contribution in [3.8, 4) is 0 Å². The van der Waals surface area contributed by atoms with Crippen molar-refractivity contribution in [3.63, 3.8) is 0 Å². The number of likely N-dealkylation sites (tertiary alicyclic amines) is 1. The third-order valence-electron chi connectivity index (χ3n) is 3.58. The minimum absolute atomic E-state index is 0.122. The lowest BCUT2D eigenvalue weighted by molar-refractivity contribution is -0.128. The number of aromatic amines is 1. The Hall–Kier alpha value is -2.25. The Bertz CT molecular complexity index is 726. The van der Waals surface area contributed by atoms with E-state index in [2.05, 4.69) is 15.2 Å². The van der Waals surface area contributed by atoms with E-state index in [4.69, 9.17) is 0 Å². The van der Waals surface area contributed by atoms with E-state index in [0.29, 0.717) is 24.4 Å². The fourth-order valence-corrected chi connectivity index (χ4v) is 2.61. The molecule has 1 aliphatic rings. The number of pyridine rings is 1. The van der Waals surface area contributed by atoms with Gasteiger partial charge in [-0.1, -0.05) is 11.5 Å². The van der Waals surface area contributed by atoms with Crippen LogP contribution >= 0.6 is 0 Å². The van der Waals surface area contributed by atoms with Crippen LogP contribution in [0.5, 0.6) is 0 Å². The summed E-state index contributed by atoms with van der Waals surface area (Å²) in [6.07, 6.45) is 0.971. The standard InChI is InChI=1S/C13H13BF2N4O/c14-8-3-9-10(18-19-13(9)17-4-8)6-20-5-7(1-11(15)16)2-12(20)21/h1,3-4,7H,2,5-6,14H2,(H,17,18,19). The largest absolute Gasteiger partial charge is 0.336 e. The Balaban J connectivity index is 1.81. The van der Waals surface area contributed by atoms with Crippen molar-refractivity contribution in [1.29, 1.82) is 0 Å². The van der Waals surface area contributed by atoms with E-state index in [9.17, 15) is 13.6 Å². The summed E-state index contributed by atoms with van der Waals surface area (Å²) < 4.78 is 24.6. The van der Waals surface area contributed by atoms with Crippen molar-refractivity contribution in [1.82, 2.24) is 20.1 Å². The number of fused-ring (bicyclic) bond motifs is 1. The second-order valence-corrected chi connectivity index (χ2v) is 5.27. The molecule has 3 heterocycles. The van der Waals surface area contributed by atoms with Gasteiger partial charge in [0.1, 0.15) is 7.85 Å². The highest BCUT2D eigenvalue weighted by molar-refractivity contribution is 6.32. The van der Waals surface area contributed by atoms with Gasteiger partial charge in [-0.3, -0.25) is 9.89 Å². The predicted molar refractivity (Wildman–Crippen MR) is 75.9 cm³/mol. The molecule has 0 bridgehead atoms. The van der Waals surface area contributed by atoms with Gasteiger partial charge in [-0.15, -0.1) is 0 Å². The van der Waals surface area contributed by atoms with Crippen molar-refractivity contribution < 1.29 is 13.6 Å². The number of rotatable bonds is 3. The highest BCUT2D eigenvalue weighted by atomic mass is 19.3. The first-order valence-corrected chi connectivity index (χ1v) is 6.63. The van der Waals surface area contributed by atoms with Gasteiger partial charge in [0.05, 0.1) is 12.2 Å². The number of amides is 1. The van der Waals surface area contributed by atoms with E-state index in [1.54, 1.807) is 11.1 Å². The van der Waals surface area contributed by atoms with E-state index in [1.165, 1.54) is 0 Å². The Labute approximate surface area is 120 Å². The summed E-state index contributed by atoms with van der Waals surface area (Å²) in [7, 11) is 1.93. The van der Waals surface area contributed by atoms with Gasteiger partial charge in [0.2, 0.25) is 5.91 Å². The number of hydrogen-bond donors (Lipinski definition) is 1. The zero-order valence-corrected chi connectivity index (χ0v) is 11.4. The topological polar surface area (TPSA) is 61.9 Å². The SMILES string of the molecule is Bc1cnc2[nH]nc(CN3CC(C=C(F)F)CC3=O)c2c1. The van der Waals surface area contributed by atoms with Crippen molar-refractivity contribution in [2.24, 2.45) is 5.92 Å². The maximum absolute atomic E-state index is 12.3. The van der Waals surface area contributed by atoms with Crippen LogP contribution in [0, 0.1) is 5.92 Å². The molecule has 1 fully saturated rings. The number of hydrogen-bond acceptors (Lipinski definition) is 3. The maximum atomic E-state index is 12.3. The monoisotopic (exact) mass is 290 g/mol. The summed E-state index contributed by atoms with van der Waals surface area (Å²) >= 11 is 0. The number of carbonyl (C=O) groups is 1. The van der Waals surface area contributed by atoms with Crippen LogP contribution in [-0.4, -0.2) is 40.4 Å². The van der Waals surface area contributed by atoms with Crippen LogP contribution in [0.25, 0.3) is 11.0 Å². The molecule has 5 nitrogen and oxygen atoms in total. The molecule has 1 unspecified atom stereocenters. The molecule has 0 saturated carbocycles. The van der Waals surface area contributed by atoms with Crippen molar-refractivity contribution in [2.45, 2.75) is 13.0 Å². The van der Waals surface area contributed by atoms with Crippen LogP contribution in [0.4, 0.5) is 8.78 Å². The molecule has 0 radical (unpaired) electrons. The van der Waals surface area contributed by atoms with Gasteiger partial charge in [0.15, 0.2) is 5.65 Å². The second-order valence-electron chi connectivity index (χ2n) is 5.27. The average molecular weight is 290 g/mol. The Morgan fingerprint density at radius 3 is 3.14 bits per heavy atom. The molecule has 1 N–H and O–H groups in total. The van der Waals surface area contributed by atoms with Gasteiger partial charge in [0.25, 0.3) is 6.08 Å². The molecule has 0 aromatic carbocycles. The van der Waals surface area contributed by atoms with E-state index in [0.717, 1.165) is 16.9 Å². The summed E-state index contributed by atoms with van der Waals surface area (Å²) in [6.45, 7) is 0.603. The Morgan fingerprint density at radius 2 is 2.38 bits per heavy atom. The maximum Gasteiger partial charge on any atom is 0.266 e. The number of halogens is 2. The molecular formula is C13H13BF2N4O. The average Bonchev–Trinajstić information content (AvgIpc) is 2.94. The predicted octanol–water partition coefficient (Wildman–Crippen LogP) is 0.345. The molecule has 0 aliphatic carbocycles. The molecule has 8 heteroatoms. The van der Waals surface area contributed by atoms with Crippen molar-refractivity contribution in [3.05, 3.63) is 30.1 Å². The fraction of sp³-hybridized carbons (Fsp3) is 0.308. The van der Waals surface area contributed by atoms with Gasteiger partial charge in [-0.25, -0.2) is 4.98 Å². The number of nitrogens with one attached hydrogen (secondary N) is 1. The molecule has 108 valence electrons. The lowest BCUT2D eigenvalue weighted by atomic mass is 9.97. The van der Waals surface area contributed by atoms with Crippen molar-refractivity contribution in [2.75, 3.05) is 6.54 Å². The molecule has 21 heavy (non-hydrogen) atoms. The third-order valence-corrected chi connectivity index (χ3v) is 3.58. The normalized spacial score (nSPS) is 18.5. The summed E-state index contributed by atoms with van der Waals surface area (Å²) in [5, 5.41) is 7.85. The molecular weight excluding hydrogens is 277 g/mol. The van der Waals surface area contributed by atoms with Crippen molar-refractivity contribution >= 4 is 30.2 Å². The summed E-state index contributed by atoms with van der Waals surface area (Å²) in [5.74, 6) is -0.554. The van der Waals surface area contributed by atoms with Crippen LogP contribution in [0.1, 0.15) is 12.1 Å². The summed E-state index contributed by atoms with van der Waals surface area (Å²) in [6, 6.07) is 1.94. The lowest BCUT2D eigenvalue weighted by Gasteiger charge is -2.14. The first kappa shape index (κ1) is 13.7. The van der Waals surface area contributed by atoms with Gasteiger partial charge in [-0.2, -0.15) is 13.9 Å². The zero-order chi connectivity index (χ0) is 15.0. The summed E-state index contributed by atoms with van der Waals surface area (Å²) in [5.41, 5.74) is 2.37. The minimum Gasteiger partial charge on any atom is -0.336 e. The number of H-pyrrole nitrogens is 1. The van der Waals surface area contributed by atoms with Gasteiger partial charge < -0.3 is 4.90 Å². The first-order valence-electron chi connectivity index (χ1n) is 6.63. The Kier molecular flexibility index (Phi) is 3.44. The molecule has 2 aromatic heterocycles. The molecule has 1 amide bonds. The molecule has 1 atom stereocenters. The number of carbonyl (C=O) groups excluding carboxylic acids is 1. The van der Waals surface area contributed by atoms with E-state index < -0.39 is 12.0 Å². The quantitative estimate of drug-likeness (QED) is 0.829.